The summed E-state index contributed by atoms with van der Waals surface area (Å²) in [6.07, 6.45) is 6.70. The SMILES string of the molecule is CCC1(C2CCCCC2)OCCNC1C(=O)O. The molecule has 4 heteroatoms. The Labute approximate surface area is 103 Å². The second-order valence-corrected chi connectivity index (χ2v) is 5.22. The highest BCUT2D eigenvalue weighted by Gasteiger charge is 2.50. The number of hydrogen-bond donors (Lipinski definition) is 2. The lowest BCUT2D eigenvalue weighted by molar-refractivity contribution is -0.173. The molecule has 2 N–H and O–H groups in total. The highest BCUT2D eigenvalue weighted by atomic mass is 16.5. The Morgan fingerprint density at radius 1 is 1.41 bits per heavy atom. The molecule has 1 saturated heterocycles. The molecule has 0 amide bonds. The molecule has 17 heavy (non-hydrogen) atoms. The lowest BCUT2D eigenvalue weighted by Gasteiger charge is -2.48. The summed E-state index contributed by atoms with van der Waals surface area (Å²) in [5.41, 5.74) is -0.482. The van der Waals surface area contributed by atoms with Gasteiger partial charge in [-0.1, -0.05) is 26.2 Å². The van der Waals surface area contributed by atoms with E-state index in [2.05, 4.69) is 12.2 Å². The van der Waals surface area contributed by atoms with Gasteiger partial charge < -0.3 is 9.84 Å². The van der Waals surface area contributed by atoms with Gasteiger partial charge in [0.05, 0.1) is 12.2 Å². The zero-order valence-corrected chi connectivity index (χ0v) is 10.6. The van der Waals surface area contributed by atoms with Crippen LogP contribution in [0.4, 0.5) is 0 Å². The summed E-state index contributed by atoms with van der Waals surface area (Å²) in [6.45, 7) is 3.33. The Balaban J connectivity index is 2.21. The summed E-state index contributed by atoms with van der Waals surface area (Å²) < 4.78 is 5.98. The van der Waals surface area contributed by atoms with Crippen LogP contribution in [0.3, 0.4) is 0 Å². The Hall–Kier alpha value is -0.610. The molecule has 0 radical (unpaired) electrons. The van der Waals surface area contributed by atoms with Gasteiger partial charge in [0.25, 0.3) is 0 Å². The van der Waals surface area contributed by atoms with Crippen LogP contribution in [0, 0.1) is 5.92 Å². The highest BCUT2D eigenvalue weighted by Crippen LogP contribution is 2.40. The Kier molecular flexibility index (Phi) is 4.05. The number of morpholine rings is 1. The van der Waals surface area contributed by atoms with E-state index >= 15 is 0 Å². The molecule has 0 aromatic heterocycles. The van der Waals surface area contributed by atoms with E-state index in [-0.39, 0.29) is 0 Å². The molecule has 2 aliphatic rings. The van der Waals surface area contributed by atoms with Gasteiger partial charge in [0.2, 0.25) is 0 Å². The van der Waals surface area contributed by atoms with E-state index in [0.29, 0.717) is 19.1 Å². The fourth-order valence-electron chi connectivity index (χ4n) is 3.54. The molecule has 2 atom stereocenters. The van der Waals surface area contributed by atoms with Crippen molar-refractivity contribution in [3.63, 3.8) is 0 Å². The van der Waals surface area contributed by atoms with E-state index in [1.807, 2.05) is 0 Å². The molecule has 2 unspecified atom stereocenters. The van der Waals surface area contributed by atoms with Gasteiger partial charge in [-0.2, -0.15) is 0 Å². The van der Waals surface area contributed by atoms with Gasteiger partial charge >= 0.3 is 5.97 Å². The van der Waals surface area contributed by atoms with Gasteiger partial charge in [-0.3, -0.25) is 10.1 Å². The van der Waals surface area contributed by atoms with Crippen LogP contribution < -0.4 is 5.32 Å². The van der Waals surface area contributed by atoms with Crippen molar-refractivity contribution in [1.29, 1.82) is 0 Å². The predicted octanol–water partition coefficient (Wildman–Crippen LogP) is 1.79. The molecule has 0 bridgehead atoms. The van der Waals surface area contributed by atoms with Gasteiger partial charge in [0.1, 0.15) is 6.04 Å². The lowest BCUT2D eigenvalue weighted by Crippen LogP contribution is -2.64. The minimum absolute atomic E-state index is 0.398. The van der Waals surface area contributed by atoms with Crippen molar-refractivity contribution in [2.45, 2.75) is 57.1 Å². The molecule has 0 spiro atoms. The van der Waals surface area contributed by atoms with Gasteiger partial charge in [0.15, 0.2) is 0 Å². The van der Waals surface area contributed by atoms with Crippen LogP contribution in [0.1, 0.15) is 45.4 Å². The molecule has 2 rings (SSSR count). The van der Waals surface area contributed by atoms with Gasteiger partial charge in [0, 0.05) is 6.54 Å². The summed E-state index contributed by atoms with van der Waals surface area (Å²) in [6, 6.07) is -0.538. The summed E-state index contributed by atoms with van der Waals surface area (Å²) >= 11 is 0. The van der Waals surface area contributed by atoms with E-state index in [9.17, 15) is 9.90 Å². The number of aliphatic carboxylic acids is 1. The van der Waals surface area contributed by atoms with E-state index < -0.39 is 17.6 Å². The minimum Gasteiger partial charge on any atom is -0.480 e. The average molecular weight is 241 g/mol. The fraction of sp³-hybridized carbons (Fsp3) is 0.923. The second-order valence-electron chi connectivity index (χ2n) is 5.22. The molecule has 0 aromatic carbocycles. The largest absolute Gasteiger partial charge is 0.480 e. The molecule has 1 aliphatic heterocycles. The van der Waals surface area contributed by atoms with Crippen molar-refractivity contribution < 1.29 is 14.6 Å². The number of carboxylic acid groups (broad SMARTS) is 1. The van der Waals surface area contributed by atoms with Crippen LogP contribution in [-0.4, -0.2) is 35.9 Å². The van der Waals surface area contributed by atoms with Crippen LogP contribution in [0.5, 0.6) is 0 Å². The summed E-state index contributed by atoms with van der Waals surface area (Å²) in [7, 11) is 0. The third-order valence-electron chi connectivity index (χ3n) is 4.41. The minimum atomic E-state index is -0.767. The van der Waals surface area contributed by atoms with E-state index in [1.54, 1.807) is 0 Å². The zero-order chi connectivity index (χ0) is 12.3. The topological polar surface area (TPSA) is 58.6 Å². The first kappa shape index (κ1) is 12.8. The van der Waals surface area contributed by atoms with Crippen LogP contribution in [-0.2, 0) is 9.53 Å². The van der Waals surface area contributed by atoms with Crippen molar-refractivity contribution in [1.82, 2.24) is 5.32 Å². The Morgan fingerprint density at radius 2 is 2.12 bits per heavy atom. The molecule has 1 aliphatic carbocycles. The van der Waals surface area contributed by atoms with Gasteiger partial charge in [-0.15, -0.1) is 0 Å². The van der Waals surface area contributed by atoms with Crippen molar-refractivity contribution in [3.8, 4) is 0 Å². The average Bonchev–Trinajstić information content (AvgIpc) is 2.39. The molecule has 4 nitrogen and oxygen atoms in total. The molecule has 2 fully saturated rings. The first-order chi connectivity index (χ1) is 8.20. The summed E-state index contributed by atoms with van der Waals surface area (Å²) in [5.74, 6) is -0.368. The number of rotatable bonds is 3. The van der Waals surface area contributed by atoms with Crippen LogP contribution in [0.2, 0.25) is 0 Å². The van der Waals surface area contributed by atoms with E-state index in [4.69, 9.17) is 4.74 Å². The Morgan fingerprint density at radius 3 is 2.71 bits per heavy atom. The smallest absolute Gasteiger partial charge is 0.323 e. The van der Waals surface area contributed by atoms with Crippen molar-refractivity contribution in [2.75, 3.05) is 13.2 Å². The maximum Gasteiger partial charge on any atom is 0.323 e. The number of nitrogens with one attached hydrogen (secondary N) is 1. The quantitative estimate of drug-likeness (QED) is 0.791. The van der Waals surface area contributed by atoms with Crippen LogP contribution in [0.25, 0.3) is 0 Å². The predicted molar refractivity (Wildman–Crippen MR) is 65.0 cm³/mol. The molecule has 0 aromatic rings. The highest BCUT2D eigenvalue weighted by molar-refractivity contribution is 5.75. The molecule has 1 heterocycles. The van der Waals surface area contributed by atoms with Gasteiger partial charge in [-0.25, -0.2) is 0 Å². The molecule has 1 saturated carbocycles. The maximum atomic E-state index is 11.4. The molecule has 98 valence electrons. The number of carboxylic acids is 1. The normalized spacial score (nSPS) is 35.7. The van der Waals surface area contributed by atoms with E-state index in [1.165, 1.54) is 19.3 Å². The van der Waals surface area contributed by atoms with Crippen molar-refractivity contribution in [2.24, 2.45) is 5.92 Å². The van der Waals surface area contributed by atoms with E-state index in [0.717, 1.165) is 19.3 Å². The monoisotopic (exact) mass is 241 g/mol. The molecular formula is C13H23NO3. The van der Waals surface area contributed by atoms with Crippen LogP contribution >= 0.6 is 0 Å². The van der Waals surface area contributed by atoms with Crippen LogP contribution in [0.15, 0.2) is 0 Å². The van der Waals surface area contributed by atoms with Crippen molar-refractivity contribution >= 4 is 5.97 Å². The third kappa shape index (κ3) is 2.33. The Bertz CT molecular complexity index is 276. The maximum absolute atomic E-state index is 11.4. The lowest BCUT2D eigenvalue weighted by atomic mass is 9.71. The third-order valence-corrected chi connectivity index (χ3v) is 4.41. The second kappa shape index (κ2) is 5.36. The number of ether oxygens (including phenoxy) is 1. The van der Waals surface area contributed by atoms with Gasteiger partial charge in [-0.05, 0) is 25.2 Å². The number of carbonyl (C=O) groups is 1. The first-order valence-corrected chi connectivity index (χ1v) is 6.81. The molecular weight excluding hydrogens is 218 g/mol. The summed E-state index contributed by atoms with van der Waals surface area (Å²) in [4.78, 5) is 11.4. The van der Waals surface area contributed by atoms with Crippen molar-refractivity contribution in [3.05, 3.63) is 0 Å². The number of hydrogen-bond acceptors (Lipinski definition) is 3. The zero-order valence-electron chi connectivity index (χ0n) is 10.6. The fourth-order valence-corrected chi connectivity index (χ4v) is 3.54. The standard InChI is InChI=1S/C13H23NO3/c1-2-13(10-6-4-3-5-7-10)11(12(15)16)14-8-9-17-13/h10-11,14H,2-9H2,1H3,(H,15,16). The summed E-state index contributed by atoms with van der Waals surface area (Å²) in [5, 5.41) is 12.5. The first-order valence-electron chi connectivity index (χ1n) is 6.81.